The number of rotatable bonds is 3. The third-order valence-corrected chi connectivity index (χ3v) is 3.45. The van der Waals surface area contributed by atoms with E-state index in [0.717, 1.165) is 25.9 Å². The van der Waals surface area contributed by atoms with Gasteiger partial charge in [0.15, 0.2) is 5.84 Å². The van der Waals surface area contributed by atoms with Crippen LogP contribution in [0.25, 0.3) is 0 Å². The molecule has 104 valence electrons. The molecule has 19 heavy (non-hydrogen) atoms. The summed E-state index contributed by atoms with van der Waals surface area (Å²) in [6.07, 6.45) is 3.63. The Hall–Kier alpha value is -1.89. The van der Waals surface area contributed by atoms with Gasteiger partial charge in [-0.25, -0.2) is 9.97 Å². The second-order valence-electron chi connectivity index (χ2n) is 4.91. The molecule has 1 aromatic heterocycles. The van der Waals surface area contributed by atoms with Crippen molar-refractivity contribution < 1.29 is 9.94 Å². The van der Waals surface area contributed by atoms with Crippen LogP contribution < -0.4 is 10.6 Å². The number of ether oxygens (including phenoxy) is 1. The molecule has 0 radical (unpaired) electrons. The van der Waals surface area contributed by atoms with Gasteiger partial charge in [0.25, 0.3) is 0 Å². The first-order chi connectivity index (χ1) is 9.08. The van der Waals surface area contributed by atoms with E-state index in [1.807, 2.05) is 0 Å². The molecule has 0 saturated carbocycles. The quantitative estimate of drug-likeness (QED) is 0.359. The van der Waals surface area contributed by atoms with Crippen molar-refractivity contribution >= 4 is 11.8 Å². The van der Waals surface area contributed by atoms with E-state index in [2.05, 4.69) is 26.9 Å². The van der Waals surface area contributed by atoms with Gasteiger partial charge in [0.2, 0.25) is 5.95 Å². The van der Waals surface area contributed by atoms with Gasteiger partial charge in [-0.1, -0.05) is 5.16 Å². The zero-order valence-electron chi connectivity index (χ0n) is 11.2. The lowest BCUT2D eigenvalue weighted by Crippen LogP contribution is -2.48. The minimum absolute atomic E-state index is 0.0184. The Morgan fingerprint density at radius 3 is 3.11 bits per heavy atom. The zero-order valence-corrected chi connectivity index (χ0v) is 11.2. The summed E-state index contributed by atoms with van der Waals surface area (Å²) in [6, 6.07) is 1.61. The molecule has 0 aliphatic carbocycles. The zero-order chi connectivity index (χ0) is 13.9. The van der Waals surface area contributed by atoms with Crippen LogP contribution in [0.4, 0.5) is 5.95 Å². The fraction of sp³-hybridized carbons (Fsp3) is 0.583. The van der Waals surface area contributed by atoms with Crippen LogP contribution in [-0.4, -0.2) is 46.8 Å². The van der Waals surface area contributed by atoms with Crippen LogP contribution in [0.15, 0.2) is 17.4 Å². The third-order valence-electron chi connectivity index (χ3n) is 3.45. The fourth-order valence-electron chi connectivity index (χ4n) is 2.24. The van der Waals surface area contributed by atoms with Crippen LogP contribution >= 0.6 is 0 Å². The smallest absolute Gasteiger partial charge is 0.226 e. The lowest BCUT2D eigenvalue weighted by atomic mass is 9.95. The molecule has 3 N–H and O–H groups in total. The second-order valence-corrected chi connectivity index (χ2v) is 4.91. The molecular weight excluding hydrogens is 246 g/mol. The molecule has 1 saturated heterocycles. The van der Waals surface area contributed by atoms with Gasteiger partial charge in [-0.05, 0) is 25.8 Å². The van der Waals surface area contributed by atoms with Gasteiger partial charge in [0.05, 0.1) is 5.60 Å². The Bertz CT molecular complexity index is 479. The van der Waals surface area contributed by atoms with E-state index in [1.54, 1.807) is 19.4 Å². The molecule has 7 heteroatoms. The van der Waals surface area contributed by atoms with Gasteiger partial charge in [-0.15, -0.1) is 0 Å². The molecule has 0 aromatic carbocycles. The topological polar surface area (TPSA) is 96.9 Å². The highest BCUT2D eigenvalue weighted by molar-refractivity contribution is 5.95. The van der Waals surface area contributed by atoms with E-state index in [9.17, 15) is 0 Å². The number of nitrogens with zero attached hydrogens (tertiary/aromatic N) is 4. The van der Waals surface area contributed by atoms with Crippen LogP contribution in [0.3, 0.4) is 0 Å². The first-order valence-electron chi connectivity index (χ1n) is 6.19. The van der Waals surface area contributed by atoms with Crippen molar-refractivity contribution in [3.8, 4) is 0 Å². The summed E-state index contributed by atoms with van der Waals surface area (Å²) >= 11 is 0. The molecule has 2 rings (SSSR count). The number of aromatic nitrogens is 2. The molecule has 1 unspecified atom stereocenters. The molecule has 1 fully saturated rings. The maximum atomic E-state index is 8.68. The minimum Gasteiger partial charge on any atom is -0.409 e. The van der Waals surface area contributed by atoms with Gasteiger partial charge in [-0.3, -0.25) is 0 Å². The normalized spacial score (nSPS) is 24.5. The van der Waals surface area contributed by atoms with Crippen LogP contribution in [-0.2, 0) is 4.74 Å². The predicted octanol–water partition coefficient (Wildman–Crippen LogP) is 0.576. The van der Waals surface area contributed by atoms with Gasteiger partial charge in [0, 0.05) is 26.4 Å². The Kier molecular flexibility index (Phi) is 3.84. The summed E-state index contributed by atoms with van der Waals surface area (Å²) in [5.41, 5.74) is 5.77. The van der Waals surface area contributed by atoms with E-state index >= 15 is 0 Å². The summed E-state index contributed by atoms with van der Waals surface area (Å²) in [7, 11) is 1.72. The lowest BCUT2D eigenvalue weighted by Gasteiger charge is -2.39. The predicted molar refractivity (Wildman–Crippen MR) is 71.4 cm³/mol. The standard InChI is InChI=1S/C12H19N5O2/c1-12(19-2)5-3-7-17(8-12)11-14-6-4-9(15-11)10(13)16-18/h4,6,18H,3,5,7-8H2,1-2H3,(H2,13,16). The van der Waals surface area contributed by atoms with Crippen LogP contribution in [0.5, 0.6) is 0 Å². The fourth-order valence-corrected chi connectivity index (χ4v) is 2.24. The summed E-state index contributed by atoms with van der Waals surface area (Å²) in [5, 5.41) is 11.6. The maximum absolute atomic E-state index is 8.68. The van der Waals surface area contributed by atoms with Crippen molar-refractivity contribution in [3.63, 3.8) is 0 Å². The highest BCUT2D eigenvalue weighted by Gasteiger charge is 2.31. The monoisotopic (exact) mass is 265 g/mol. The van der Waals surface area contributed by atoms with E-state index in [0.29, 0.717) is 11.6 Å². The van der Waals surface area contributed by atoms with Crippen LogP contribution in [0.2, 0.25) is 0 Å². The third kappa shape index (κ3) is 2.93. The molecule has 1 aromatic rings. The van der Waals surface area contributed by atoms with Crippen LogP contribution in [0, 0.1) is 0 Å². The first kappa shape index (κ1) is 13.5. The van der Waals surface area contributed by atoms with Crippen molar-refractivity contribution in [1.29, 1.82) is 0 Å². The number of methoxy groups -OCH3 is 1. The Morgan fingerprint density at radius 1 is 1.63 bits per heavy atom. The first-order valence-corrected chi connectivity index (χ1v) is 6.19. The van der Waals surface area contributed by atoms with E-state index in [1.165, 1.54) is 0 Å². The van der Waals surface area contributed by atoms with Crippen LogP contribution in [0.1, 0.15) is 25.5 Å². The molecule has 7 nitrogen and oxygen atoms in total. The number of piperidine rings is 1. The summed E-state index contributed by atoms with van der Waals surface area (Å²) < 4.78 is 5.54. The maximum Gasteiger partial charge on any atom is 0.226 e. The number of nitrogens with two attached hydrogens (primary N) is 1. The molecule has 0 amide bonds. The number of hydrogen-bond acceptors (Lipinski definition) is 6. The number of hydrogen-bond donors (Lipinski definition) is 2. The van der Waals surface area contributed by atoms with Gasteiger partial charge in [0.1, 0.15) is 5.69 Å². The molecule has 1 aliphatic rings. The van der Waals surface area contributed by atoms with Crippen molar-refractivity contribution in [3.05, 3.63) is 18.0 Å². The largest absolute Gasteiger partial charge is 0.409 e. The Morgan fingerprint density at radius 2 is 2.42 bits per heavy atom. The summed E-state index contributed by atoms with van der Waals surface area (Å²) in [4.78, 5) is 10.6. The molecule has 0 bridgehead atoms. The lowest BCUT2D eigenvalue weighted by molar-refractivity contribution is -0.00499. The molecule has 0 spiro atoms. The SMILES string of the molecule is COC1(C)CCCN(c2nccc(/C(N)=N/O)n2)C1. The molecule has 1 aliphatic heterocycles. The Balaban J connectivity index is 2.22. The summed E-state index contributed by atoms with van der Waals surface area (Å²) in [6.45, 7) is 3.67. The van der Waals surface area contributed by atoms with Gasteiger partial charge >= 0.3 is 0 Å². The Labute approximate surface area is 112 Å². The van der Waals surface area contributed by atoms with E-state index in [-0.39, 0.29) is 11.4 Å². The van der Waals surface area contributed by atoms with Crippen molar-refractivity contribution in [1.82, 2.24) is 9.97 Å². The molecule has 1 atom stereocenters. The van der Waals surface area contributed by atoms with Gasteiger partial charge < -0.3 is 20.6 Å². The highest BCUT2D eigenvalue weighted by Crippen LogP contribution is 2.26. The van der Waals surface area contributed by atoms with Crippen molar-refractivity contribution in [2.24, 2.45) is 10.9 Å². The average molecular weight is 265 g/mol. The van der Waals surface area contributed by atoms with E-state index in [4.69, 9.17) is 15.7 Å². The van der Waals surface area contributed by atoms with Crippen molar-refractivity contribution in [2.75, 3.05) is 25.1 Å². The minimum atomic E-state index is -0.186. The average Bonchev–Trinajstić information content (AvgIpc) is 2.46. The summed E-state index contributed by atoms with van der Waals surface area (Å²) in [5.74, 6) is 0.558. The van der Waals surface area contributed by atoms with Crippen molar-refractivity contribution in [2.45, 2.75) is 25.4 Å². The second kappa shape index (κ2) is 5.40. The number of oxime groups is 1. The van der Waals surface area contributed by atoms with E-state index < -0.39 is 0 Å². The highest BCUT2D eigenvalue weighted by atomic mass is 16.5. The molecule has 2 heterocycles. The number of anilines is 1. The van der Waals surface area contributed by atoms with Gasteiger partial charge in [-0.2, -0.15) is 0 Å². The number of amidine groups is 1. The molecular formula is C12H19N5O2.